The Labute approximate surface area is 172 Å². The van der Waals surface area contributed by atoms with Crippen molar-refractivity contribution in [2.45, 2.75) is 13.0 Å². The number of methoxy groups -OCH3 is 1. The van der Waals surface area contributed by atoms with Crippen LogP contribution in [0.4, 0.5) is 17.1 Å². The van der Waals surface area contributed by atoms with Gasteiger partial charge < -0.3 is 20.3 Å². The molecule has 0 aliphatic rings. The SMILES string of the molecule is COc1ccc(Cl)cc1NC(=O)C[NH+](C)[C@@H](C)C(=O)Nc1cccc([N+](=O)[O-])c1. The summed E-state index contributed by atoms with van der Waals surface area (Å²) in [5.74, 6) is -0.217. The summed E-state index contributed by atoms with van der Waals surface area (Å²) in [6, 6.07) is 9.94. The molecule has 154 valence electrons. The van der Waals surface area contributed by atoms with Crippen LogP contribution in [0.1, 0.15) is 6.92 Å². The fourth-order valence-electron chi connectivity index (χ4n) is 2.55. The van der Waals surface area contributed by atoms with E-state index < -0.39 is 11.0 Å². The Hall–Kier alpha value is -3.17. The van der Waals surface area contributed by atoms with Crippen molar-refractivity contribution in [1.82, 2.24) is 0 Å². The third-order valence-corrected chi connectivity index (χ3v) is 4.57. The summed E-state index contributed by atoms with van der Waals surface area (Å²) in [4.78, 5) is 35.8. The van der Waals surface area contributed by atoms with Crippen molar-refractivity contribution in [3.8, 4) is 5.75 Å². The van der Waals surface area contributed by atoms with Crippen LogP contribution in [0.2, 0.25) is 5.02 Å². The maximum Gasteiger partial charge on any atom is 0.282 e. The van der Waals surface area contributed by atoms with Gasteiger partial charge in [-0.15, -0.1) is 0 Å². The quantitative estimate of drug-likeness (QED) is 0.443. The highest BCUT2D eigenvalue weighted by atomic mass is 35.5. The molecule has 0 aromatic heterocycles. The standard InChI is InChI=1S/C19H21ClN4O5/c1-12(19(26)21-14-5-4-6-15(10-14)24(27)28)23(2)11-18(25)22-16-9-13(20)7-8-17(16)29-3/h4-10,12H,11H2,1-3H3,(H,21,26)(H,22,25)/p+1/t12-/m0/s1. The Bertz CT molecular complexity index is 921. The number of nitro groups is 1. The summed E-state index contributed by atoms with van der Waals surface area (Å²) < 4.78 is 5.19. The summed E-state index contributed by atoms with van der Waals surface area (Å²) in [5, 5.41) is 16.7. The van der Waals surface area contributed by atoms with Crippen LogP contribution in [-0.2, 0) is 9.59 Å². The number of halogens is 1. The number of nitro benzene ring substituents is 1. The first-order chi connectivity index (χ1) is 13.7. The molecule has 2 atom stereocenters. The first kappa shape index (κ1) is 22.1. The number of likely N-dealkylation sites (N-methyl/N-ethyl adjacent to an activating group) is 1. The van der Waals surface area contributed by atoms with E-state index in [9.17, 15) is 19.7 Å². The maximum atomic E-state index is 12.4. The third-order valence-electron chi connectivity index (χ3n) is 4.33. The molecule has 0 aliphatic carbocycles. The fraction of sp³-hybridized carbons (Fsp3) is 0.263. The lowest BCUT2D eigenvalue weighted by molar-refractivity contribution is -0.885. The second kappa shape index (κ2) is 9.85. The molecule has 29 heavy (non-hydrogen) atoms. The summed E-state index contributed by atoms with van der Waals surface area (Å²) in [6.07, 6.45) is 0. The molecule has 0 heterocycles. The average molecular weight is 422 g/mol. The lowest BCUT2D eigenvalue weighted by Gasteiger charge is -2.21. The number of quaternary nitrogens is 1. The second-order valence-electron chi connectivity index (χ2n) is 6.43. The topological polar surface area (TPSA) is 115 Å². The molecule has 0 saturated heterocycles. The zero-order chi connectivity index (χ0) is 21.6. The highest BCUT2D eigenvalue weighted by Gasteiger charge is 2.25. The number of anilines is 2. The molecular weight excluding hydrogens is 400 g/mol. The van der Waals surface area contributed by atoms with Gasteiger partial charge in [-0.1, -0.05) is 17.7 Å². The van der Waals surface area contributed by atoms with Gasteiger partial charge in [0.2, 0.25) is 0 Å². The molecule has 2 aromatic rings. The molecule has 0 radical (unpaired) electrons. The monoisotopic (exact) mass is 421 g/mol. The molecule has 2 aromatic carbocycles. The Morgan fingerprint density at radius 1 is 1.24 bits per heavy atom. The third kappa shape index (κ3) is 6.16. The van der Waals surface area contributed by atoms with E-state index in [2.05, 4.69) is 10.6 Å². The van der Waals surface area contributed by atoms with Gasteiger partial charge in [0.1, 0.15) is 5.75 Å². The van der Waals surface area contributed by atoms with Crippen molar-refractivity contribution in [3.05, 3.63) is 57.6 Å². The van der Waals surface area contributed by atoms with E-state index >= 15 is 0 Å². The number of benzene rings is 2. The van der Waals surface area contributed by atoms with E-state index in [1.807, 2.05) is 0 Å². The van der Waals surface area contributed by atoms with Gasteiger partial charge >= 0.3 is 0 Å². The van der Waals surface area contributed by atoms with Gasteiger partial charge in [-0.3, -0.25) is 19.7 Å². The van der Waals surface area contributed by atoms with Gasteiger partial charge in [-0.25, -0.2) is 0 Å². The van der Waals surface area contributed by atoms with Crippen molar-refractivity contribution in [2.24, 2.45) is 0 Å². The molecule has 2 amide bonds. The van der Waals surface area contributed by atoms with Crippen LogP contribution in [0, 0.1) is 10.1 Å². The highest BCUT2D eigenvalue weighted by molar-refractivity contribution is 6.31. The van der Waals surface area contributed by atoms with E-state index in [4.69, 9.17) is 16.3 Å². The van der Waals surface area contributed by atoms with Crippen molar-refractivity contribution in [3.63, 3.8) is 0 Å². The number of rotatable bonds is 8. The van der Waals surface area contributed by atoms with Gasteiger partial charge in [0.05, 0.1) is 24.8 Å². The number of carbonyl (C=O) groups excluding carboxylic acids is 2. The number of hydrogen-bond acceptors (Lipinski definition) is 5. The number of amides is 2. The molecule has 0 saturated carbocycles. The van der Waals surface area contributed by atoms with Crippen molar-refractivity contribution in [1.29, 1.82) is 0 Å². The van der Waals surface area contributed by atoms with Gasteiger partial charge in [-0.05, 0) is 31.2 Å². The maximum absolute atomic E-state index is 12.4. The van der Waals surface area contributed by atoms with Crippen LogP contribution < -0.4 is 20.3 Å². The van der Waals surface area contributed by atoms with E-state index in [1.54, 1.807) is 38.2 Å². The molecule has 3 N–H and O–H groups in total. The lowest BCUT2D eigenvalue weighted by atomic mass is 10.2. The average Bonchev–Trinajstić information content (AvgIpc) is 2.67. The predicted octanol–water partition coefficient (Wildman–Crippen LogP) is 1.74. The minimum Gasteiger partial charge on any atom is -0.495 e. The van der Waals surface area contributed by atoms with E-state index in [0.717, 1.165) is 0 Å². The number of hydrogen-bond donors (Lipinski definition) is 3. The Balaban J connectivity index is 1.97. The van der Waals surface area contributed by atoms with Crippen molar-refractivity contribution < 1.29 is 24.1 Å². The van der Waals surface area contributed by atoms with E-state index in [-0.39, 0.29) is 24.0 Å². The largest absolute Gasteiger partial charge is 0.495 e. The molecular formula is C19H22ClN4O5+. The predicted molar refractivity (Wildman–Crippen MR) is 110 cm³/mol. The van der Waals surface area contributed by atoms with Crippen LogP contribution in [0.3, 0.4) is 0 Å². The summed E-state index contributed by atoms with van der Waals surface area (Å²) in [5.41, 5.74) is 0.634. The molecule has 9 nitrogen and oxygen atoms in total. The van der Waals surface area contributed by atoms with Gasteiger partial charge in [0, 0.05) is 22.8 Å². The summed E-state index contributed by atoms with van der Waals surface area (Å²) in [7, 11) is 3.18. The van der Waals surface area contributed by atoms with Gasteiger partial charge in [-0.2, -0.15) is 0 Å². The van der Waals surface area contributed by atoms with Crippen LogP contribution in [0.5, 0.6) is 5.75 Å². The minimum atomic E-state index is -0.582. The number of nitrogens with zero attached hydrogens (tertiary/aromatic N) is 1. The second-order valence-corrected chi connectivity index (χ2v) is 6.87. The zero-order valence-corrected chi connectivity index (χ0v) is 16.9. The van der Waals surface area contributed by atoms with Crippen molar-refractivity contribution >= 4 is 40.5 Å². The van der Waals surface area contributed by atoms with Gasteiger partial charge in [0.15, 0.2) is 12.6 Å². The number of non-ortho nitro benzene ring substituents is 1. The molecule has 0 bridgehead atoms. The normalized spacial score (nSPS) is 12.6. The highest BCUT2D eigenvalue weighted by Crippen LogP contribution is 2.27. The minimum absolute atomic E-state index is 0.0131. The molecule has 1 unspecified atom stereocenters. The van der Waals surface area contributed by atoms with Crippen LogP contribution in [-0.4, -0.2) is 43.5 Å². The molecule has 0 spiro atoms. The van der Waals surface area contributed by atoms with Crippen LogP contribution in [0.15, 0.2) is 42.5 Å². The van der Waals surface area contributed by atoms with Crippen LogP contribution in [0.25, 0.3) is 0 Å². The molecule has 0 fully saturated rings. The number of ether oxygens (including phenoxy) is 1. The molecule has 0 aliphatic heterocycles. The first-order valence-electron chi connectivity index (χ1n) is 8.72. The zero-order valence-electron chi connectivity index (χ0n) is 16.2. The van der Waals surface area contributed by atoms with E-state index in [0.29, 0.717) is 27.0 Å². The first-order valence-corrected chi connectivity index (χ1v) is 9.10. The number of carbonyl (C=O) groups is 2. The van der Waals surface area contributed by atoms with Gasteiger partial charge in [0.25, 0.3) is 17.5 Å². The smallest absolute Gasteiger partial charge is 0.282 e. The molecule has 2 rings (SSSR count). The van der Waals surface area contributed by atoms with Crippen molar-refractivity contribution in [2.75, 3.05) is 31.3 Å². The molecule has 10 heteroatoms. The Kier molecular flexibility index (Phi) is 7.52. The van der Waals surface area contributed by atoms with E-state index in [1.165, 1.54) is 25.3 Å². The summed E-state index contributed by atoms with van der Waals surface area (Å²) in [6.45, 7) is 1.68. The lowest BCUT2D eigenvalue weighted by Crippen LogP contribution is -3.14. The summed E-state index contributed by atoms with van der Waals surface area (Å²) >= 11 is 5.96. The number of nitrogens with one attached hydrogen (secondary N) is 3. The fourth-order valence-corrected chi connectivity index (χ4v) is 2.72. The Morgan fingerprint density at radius 2 is 1.97 bits per heavy atom. The Morgan fingerprint density at radius 3 is 2.62 bits per heavy atom. The van der Waals surface area contributed by atoms with Crippen LogP contribution >= 0.6 is 11.6 Å².